The van der Waals surface area contributed by atoms with Gasteiger partial charge in [0.25, 0.3) is 5.91 Å². The minimum absolute atomic E-state index is 0.0688. The fourth-order valence-electron chi connectivity index (χ4n) is 3.25. The van der Waals surface area contributed by atoms with E-state index in [1.807, 2.05) is 23.1 Å². The first-order chi connectivity index (χ1) is 12.1. The molecular formula is C20H21FN2O2. The Morgan fingerprint density at radius 2 is 1.92 bits per heavy atom. The normalized spacial score (nSPS) is 16.7. The quantitative estimate of drug-likeness (QED) is 0.910. The number of carbonyl (C=O) groups is 2. The van der Waals surface area contributed by atoms with Gasteiger partial charge in [0, 0.05) is 18.2 Å². The van der Waals surface area contributed by atoms with E-state index < -0.39 is 11.7 Å². The van der Waals surface area contributed by atoms with Gasteiger partial charge in [-0.05, 0) is 43.0 Å². The molecule has 0 spiro atoms. The highest BCUT2D eigenvalue weighted by molar-refractivity contribution is 5.96. The first-order valence-electron chi connectivity index (χ1n) is 8.50. The van der Waals surface area contributed by atoms with Gasteiger partial charge in [0.05, 0.1) is 6.54 Å². The largest absolute Gasteiger partial charge is 0.343 e. The minimum Gasteiger partial charge on any atom is -0.343 e. The van der Waals surface area contributed by atoms with Crippen LogP contribution >= 0.6 is 0 Å². The Bertz CT molecular complexity index is 748. The van der Waals surface area contributed by atoms with E-state index in [9.17, 15) is 14.0 Å². The highest BCUT2D eigenvalue weighted by Gasteiger charge is 2.28. The van der Waals surface area contributed by atoms with Gasteiger partial charge in [0.2, 0.25) is 5.91 Å². The molecule has 4 nitrogen and oxygen atoms in total. The van der Waals surface area contributed by atoms with E-state index in [1.54, 1.807) is 0 Å². The van der Waals surface area contributed by atoms with Crippen LogP contribution in [-0.2, 0) is 11.2 Å². The van der Waals surface area contributed by atoms with Crippen molar-refractivity contribution in [3.8, 4) is 0 Å². The topological polar surface area (TPSA) is 49.4 Å². The third kappa shape index (κ3) is 4.44. The number of nitrogens with one attached hydrogen (secondary N) is 1. The van der Waals surface area contributed by atoms with Gasteiger partial charge in [-0.15, -0.1) is 0 Å². The Hall–Kier alpha value is -2.69. The van der Waals surface area contributed by atoms with Crippen LogP contribution in [0.3, 0.4) is 0 Å². The fourth-order valence-corrected chi connectivity index (χ4v) is 3.25. The third-order valence-electron chi connectivity index (χ3n) is 4.50. The van der Waals surface area contributed by atoms with E-state index in [0.29, 0.717) is 6.54 Å². The summed E-state index contributed by atoms with van der Waals surface area (Å²) in [5, 5.41) is 2.59. The Morgan fingerprint density at radius 1 is 1.12 bits per heavy atom. The second-order valence-electron chi connectivity index (χ2n) is 6.27. The lowest BCUT2D eigenvalue weighted by molar-refractivity contribution is -0.130. The SMILES string of the molecule is O=C(NCC(=O)N1CCCC1Cc1ccccc1)c1cccc(F)c1. The molecule has 2 amide bonds. The highest BCUT2D eigenvalue weighted by atomic mass is 19.1. The van der Waals surface area contributed by atoms with Gasteiger partial charge in [0.1, 0.15) is 5.82 Å². The van der Waals surface area contributed by atoms with Crippen LogP contribution in [0.1, 0.15) is 28.8 Å². The smallest absolute Gasteiger partial charge is 0.251 e. The van der Waals surface area contributed by atoms with Gasteiger partial charge in [-0.1, -0.05) is 36.4 Å². The van der Waals surface area contributed by atoms with Gasteiger partial charge in [-0.3, -0.25) is 9.59 Å². The molecule has 0 saturated carbocycles. The van der Waals surface area contributed by atoms with Crippen molar-refractivity contribution in [2.45, 2.75) is 25.3 Å². The molecule has 1 unspecified atom stereocenters. The number of carbonyl (C=O) groups excluding carboxylic acids is 2. The molecule has 0 aliphatic carbocycles. The monoisotopic (exact) mass is 340 g/mol. The van der Waals surface area contributed by atoms with Crippen molar-refractivity contribution in [1.29, 1.82) is 0 Å². The molecule has 2 aromatic rings. The average Bonchev–Trinajstić information content (AvgIpc) is 3.08. The van der Waals surface area contributed by atoms with E-state index in [-0.39, 0.29) is 24.1 Å². The van der Waals surface area contributed by atoms with E-state index in [2.05, 4.69) is 17.4 Å². The zero-order valence-corrected chi connectivity index (χ0v) is 14.0. The van der Waals surface area contributed by atoms with Gasteiger partial charge in [-0.2, -0.15) is 0 Å². The lowest BCUT2D eigenvalue weighted by atomic mass is 10.0. The van der Waals surface area contributed by atoms with Crippen molar-refractivity contribution in [3.63, 3.8) is 0 Å². The molecule has 25 heavy (non-hydrogen) atoms. The highest BCUT2D eigenvalue weighted by Crippen LogP contribution is 2.21. The molecule has 1 N–H and O–H groups in total. The molecule has 0 aromatic heterocycles. The second kappa shape index (κ2) is 7.92. The van der Waals surface area contributed by atoms with Crippen LogP contribution in [0, 0.1) is 5.82 Å². The predicted octanol–water partition coefficient (Wildman–Crippen LogP) is 2.79. The molecule has 5 heteroatoms. The molecule has 130 valence electrons. The van der Waals surface area contributed by atoms with Crippen molar-refractivity contribution in [2.24, 2.45) is 0 Å². The Morgan fingerprint density at radius 3 is 2.68 bits per heavy atom. The van der Waals surface area contributed by atoms with Crippen LogP contribution in [0.25, 0.3) is 0 Å². The van der Waals surface area contributed by atoms with Crippen molar-refractivity contribution in [2.75, 3.05) is 13.1 Å². The minimum atomic E-state index is -0.471. The van der Waals surface area contributed by atoms with E-state index in [1.165, 1.54) is 23.8 Å². The number of halogens is 1. The molecular weight excluding hydrogens is 319 g/mol. The number of likely N-dealkylation sites (tertiary alicyclic amines) is 1. The summed E-state index contributed by atoms with van der Waals surface area (Å²) in [6.07, 6.45) is 2.77. The number of benzene rings is 2. The summed E-state index contributed by atoms with van der Waals surface area (Å²) in [5.41, 5.74) is 1.42. The molecule has 1 saturated heterocycles. The predicted molar refractivity (Wildman–Crippen MR) is 93.6 cm³/mol. The van der Waals surface area contributed by atoms with Crippen LogP contribution in [0.2, 0.25) is 0 Å². The van der Waals surface area contributed by atoms with Crippen LogP contribution in [0.5, 0.6) is 0 Å². The molecule has 2 aromatic carbocycles. The number of nitrogens with zero attached hydrogens (tertiary/aromatic N) is 1. The summed E-state index contributed by atoms with van der Waals surface area (Å²) < 4.78 is 13.2. The molecule has 1 fully saturated rings. The van der Waals surface area contributed by atoms with Crippen molar-refractivity contribution in [1.82, 2.24) is 10.2 Å². The molecule has 0 radical (unpaired) electrons. The first-order valence-corrected chi connectivity index (χ1v) is 8.50. The molecule has 0 bridgehead atoms. The number of hydrogen-bond acceptors (Lipinski definition) is 2. The Labute approximate surface area is 146 Å². The lowest BCUT2D eigenvalue weighted by Gasteiger charge is -2.25. The number of amides is 2. The lowest BCUT2D eigenvalue weighted by Crippen LogP contribution is -2.43. The first kappa shape index (κ1) is 17.1. The van der Waals surface area contributed by atoms with Gasteiger partial charge in [0.15, 0.2) is 0 Å². The van der Waals surface area contributed by atoms with Crippen LogP contribution < -0.4 is 5.32 Å². The van der Waals surface area contributed by atoms with Crippen molar-refractivity contribution < 1.29 is 14.0 Å². The molecule has 3 rings (SSSR count). The standard InChI is InChI=1S/C20H21FN2O2/c21-17-9-4-8-16(13-17)20(25)22-14-19(24)23-11-5-10-18(23)12-15-6-2-1-3-7-15/h1-4,6-9,13,18H,5,10-12,14H2,(H,22,25). The summed E-state index contributed by atoms with van der Waals surface area (Å²) in [5.74, 6) is -1.00. The third-order valence-corrected chi connectivity index (χ3v) is 4.50. The Kier molecular flexibility index (Phi) is 5.43. The molecule has 1 heterocycles. The van der Waals surface area contributed by atoms with Crippen LogP contribution in [0.4, 0.5) is 4.39 Å². The summed E-state index contributed by atoms with van der Waals surface area (Å²) in [4.78, 5) is 26.4. The van der Waals surface area contributed by atoms with E-state index in [4.69, 9.17) is 0 Å². The number of hydrogen-bond donors (Lipinski definition) is 1. The fraction of sp³-hybridized carbons (Fsp3) is 0.300. The van der Waals surface area contributed by atoms with E-state index >= 15 is 0 Å². The summed E-state index contributed by atoms with van der Waals surface area (Å²) >= 11 is 0. The second-order valence-corrected chi connectivity index (χ2v) is 6.27. The van der Waals surface area contributed by atoms with Gasteiger partial charge < -0.3 is 10.2 Å². The Balaban J connectivity index is 1.56. The van der Waals surface area contributed by atoms with Crippen molar-refractivity contribution >= 4 is 11.8 Å². The van der Waals surface area contributed by atoms with Gasteiger partial charge >= 0.3 is 0 Å². The molecule has 1 atom stereocenters. The average molecular weight is 340 g/mol. The maximum Gasteiger partial charge on any atom is 0.251 e. The number of rotatable bonds is 5. The maximum absolute atomic E-state index is 13.2. The van der Waals surface area contributed by atoms with Gasteiger partial charge in [-0.25, -0.2) is 4.39 Å². The van der Waals surface area contributed by atoms with Crippen molar-refractivity contribution in [3.05, 3.63) is 71.5 Å². The summed E-state index contributed by atoms with van der Waals surface area (Å²) in [6, 6.07) is 15.7. The zero-order valence-electron chi connectivity index (χ0n) is 14.0. The zero-order chi connectivity index (χ0) is 17.6. The van der Waals surface area contributed by atoms with Crippen LogP contribution in [-0.4, -0.2) is 35.8 Å². The molecule has 1 aliphatic rings. The summed E-state index contributed by atoms with van der Waals surface area (Å²) in [7, 11) is 0. The van der Waals surface area contributed by atoms with Crippen LogP contribution in [0.15, 0.2) is 54.6 Å². The van der Waals surface area contributed by atoms with E-state index in [0.717, 1.165) is 25.3 Å². The maximum atomic E-state index is 13.2. The summed E-state index contributed by atoms with van der Waals surface area (Å²) in [6.45, 7) is 0.646. The molecule has 1 aliphatic heterocycles.